The van der Waals surface area contributed by atoms with Gasteiger partial charge in [-0.05, 0) is 34.6 Å². The summed E-state index contributed by atoms with van der Waals surface area (Å²) in [5.41, 5.74) is -0.548. The Morgan fingerprint density at radius 1 is 1.13 bits per heavy atom. The molecule has 0 fully saturated rings. The summed E-state index contributed by atoms with van der Waals surface area (Å²) >= 11 is 0. The molecule has 0 saturated carbocycles. The van der Waals surface area contributed by atoms with E-state index in [2.05, 4.69) is 11.8 Å². The standard InChI is InChI=1S/C12H22O3/c1-10(2)14-8-6-7-9-15-12(4,5)11(3)13/h10-11,13H,8-9H2,1-5H3. The third kappa shape index (κ3) is 7.38. The molecule has 3 heteroatoms. The second-order valence-corrected chi connectivity index (χ2v) is 4.28. The molecule has 0 rings (SSSR count). The molecule has 0 aliphatic carbocycles. The average molecular weight is 214 g/mol. The van der Waals surface area contributed by atoms with Crippen LogP contribution in [-0.4, -0.2) is 36.1 Å². The van der Waals surface area contributed by atoms with E-state index in [1.807, 2.05) is 27.7 Å². The fraction of sp³-hybridized carbons (Fsp3) is 0.833. The zero-order chi connectivity index (χ0) is 11.9. The summed E-state index contributed by atoms with van der Waals surface area (Å²) in [6, 6.07) is 0. The van der Waals surface area contributed by atoms with E-state index in [1.54, 1.807) is 6.92 Å². The van der Waals surface area contributed by atoms with Crippen LogP contribution in [0.15, 0.2) is 0 Å². The van der Waals surface area contributed by atoms with Crippen LogP contribution in [0.25, 0.3) is 0 Å². The van der Waals surface area contributed by atoms with Gasteiger partial charge in [0.2, 0.25) is 0 Å². The zero-order valence-electron chi connectivity index (χ0n) is 10.3. The Bertz CT molecular complexity index is 221. The minimum Gasteiger partial charge on any atom is -0.390 e. The second kappa shape index (κ2) is 6.84. The lowest BCUT2D eigenvalue weighted by Gasteiger charge is -2.27. The third-order valence-electron chi connectivity index (χ3n) is 2.14. The predicted molar refractivity (Wildman–Crippen MR) is 60.6 cm³/mol. The van der Waals surface area contributed by atoms with Crippen LogP contribution in [0.5, 0.6) is 0 Å². The van der Waals surface area contributed by atoms with Crippen molar-refractivity contribution in [3.8, 4) is 11.8 Å². The van der Waals surface area contributed by atoms with Crippen molar-refractivity contribution in [2.75, 3.05) is 13.2 Å². The maximum atomic E-state index is 9.36. The molecular weight excluding hydrogens is 192 g/mol. The van der Waals surface area contributed by atoms with E-state index >= 15 is 0 Å². The molecule has 0 saturated heterocycles. The Labute approximate surface area is 92.8 Å². The van der Waals surface area contributed by atoms with E-state index in [1.165, 1.54) is 0 Å². The highest BCUT2D eigenvalue weighted by Crippen LogP contribution is 2.13. The molecule has 0 heterocycles. The van der Waals surface area contributed by atoms with E-state index in [4.69, 9.17) is 9.47 Å². The number of ether oxygens (including phenoxy) is 2. The maximum absolute atomic E-state index is 9.36. The summed E-state index contributed by atoms with van der Waals surface area (Å²) in [4.78, 5) is 0. The molecule has 0 amide bonds. The smallest absolute Gasteiger partial charge is 0.108 e. The first-order chi connectivity index (χ1) is 6.86. The van der Waals surface area contributed by atoms with Crippen LogP contribution in [0.2, 0.25) is 0 Å². The summed E-state index contributed by atoms with van der Waals surface area (Å²) in [7, 11) is 0. The lowest BCUT2D eigenvalue weighted by Crippen LogP contribution is -2.37. The molecule has 0 bridgehead atoms. The number of rotatable bonds is 5. The minimum atomic E-state index is -0.548. The Hall–Kier alpha value is -0.560. The van der Waals surface area contributed by atoms with Gasteiger partial charge in [-0.1, -0.05) is 11.8 Å². The fourth-order valence-electron chi connectivity index (χ4n) is 0.653. The summed E-state index contributed by atoms with van der Waals surface area (Å²) in [5.74, 6) is 5.69. The predicted octanol–water partition coefficient (Wildman–Crippen LogP) is 1.59. The molecule has 0 aromatic heterocycles. The van der Waals surface area contributed by atoms with Crippen LogP contribution in [-0.2, 0) is 9.47 Å². The Morgan fingerprint density at radius 2 is 1.67 bits per heavy atom. The third-order valence-corrected chi connectivity index (χ3v) is 2.14. The zero-order valence-corrected chi connectivity index (χ0v) is 10.3. The van der Waals surface area contributed by atoms with Gasteiger partial charge in [0.25, 0.3) is 0 Å². The lowest BCUT2D eigenvalue weighted by atomic mass is 10.0. The van der Waals surface area contributed by atoms with Gasteiger partial charge in [0, 0.05) is 0 Å². The highest BCUT2D eigenvalue weighted by atomic mass is 16.5. The van der Waals surface area contributed by atoms with Crippen LogP contribution in [0, 0.1) is 11.8 Å². The molecule has 3 nitrogen and oxygen atoms in total. The van der Waals surface area contributed by atoms with Crippen molar-refractivity contribution >= 4 is 0 Å². The van der Waals surface area contributed by atoms with Gasteiger partial charge < -0.3 is 14.6 Å². The van der Waals surface area contributed by atoms with Gasteiger partial charge in [-0.15, -0.1) is 0 Å². The SMILES string of the molecule is CC(C)OCC#CCOC(C)(C)C(C)O. The number of aliphatic hydroxyl groups is 1. The van der Waals surface area contributed by atoms with Gasteiger partial charge in [0.1, 0.15) is 13.2 Å². The average Bonchev–Trinajstić information content (AvgIpc) is 2.10. The first-order valence-electron chi connectivity index (χ1n) is 5.25. The number of hydrogen-bond acceptors (Lipinski definition) is 3. The first kappa shape index (κ1) is 14.4. The van der Waals surface area contributed by atoms with Gasteiger partial charge in [0.15, 0.2) is 0 Å². The second-order valence-electron chi connectivity index (χ2n) is 4.28. The molecule has 1 unspecified atom stereocenters. The molecule has 0 aromatic carbocycles. The van der Waals surface area contributed by atoms with Crippen molar-refractivity contribution in [3.05, 3.63) is 0 Å². The van der Waals surface area contributed by atoms with Crippen molar-refractivity contribution in [3.63, 3.8) is 0 Å². The number of aliphatic hydroxyl groups excluding tert-OH is 1. The maximum Gasteiger partial charge on any atom is 0.108 e. The van der Waals surface area contributed by atoms with Crippen LogP contribution in [0.3, 0.4) is 0 Å². The van der Waals surface area contributed by atoms with Crippen LogP contribution in [0.4, 0.5) is 0 Å². The van der Waals surface area contributed by atoms with Gasteiger partial charge >= 0.3 is 0 Å². The van der Waals surface area contributed by atoms with Crippen molar-refractivity contribution in [2.45, 2.75) is 52.4 Å². The highest BCUT2D eigenvalue weighted by Gasteiger charge is 2.23. The Balaban J connectivity index is 3.69. The topological polar surface area (TPSA) is 38.7 Å². The van der Waals surface area contributed by atoms with E-state index in [-0.39, 0.29) is 6.10 Å². The van der Waals surface area contributed by atoms with E-state index < -0.39 is 11.7 Å². The molecule has 1 atom stereocenters. The summed E-state index contributed by atoms with van der Waals surface area (Å²) in [5, 5.41) is 9.36. The van der Waals surface area contributed by atoms with E-state index in [0.29, 0.717) is 13.2 Å². The molecule has 0 aromatic rings. The summed E-state index contributed by atoms with van der Waals surface area (Å²) < 4.78 is 10.7. The van der Waals surface area contributed by atoms with Gasteiger partial charge in [-0.2, -0.15) is 0 Å². The number of hydrogen-bond donors (Lipinski definition) is 1. The Morgan fingerprint density at radius 3 is 2.13 bits per heavy atom. The minimum absolute atomic E-state index is 0.203. The van der Waals surface area contributed by atoms with Gasteiger partial charge in [-0.3, -0.25) is 0 Å². The molecular formula is C12H22O3. The van der Waals surface area contributed by atoms with Crippen LogP contribution >= 0.6 is 0 Å². The first-order valence-corrected chi connectivity index (χ1v) is 5.25. The van der Waals surface area contributed by atoms with Crippen molar-refractivity contribution in [1.82, 2.24) is 0 Å². The summed E-state index contributed by atoms with van der Waals surface area (Å²) in [6.07, 6.45) is -0.305. The van der Waals surface area contributed by atoms with E-state index in [0.717, 1.165) is 0 Å². The molecule has 88 valence electrons. The fourth-order valence-corrected chi connectivity index (χ4v) is 0.653. The van der Waals surface area contributed by atoms with Crippen molar-refractivity contribution in [1.29, 1.82) is 0 Å². The monoisotopic (exact) mass is 214 g/mol. The van der Waals surface area contributed by atoms with Gasteiger partial charge in [0.05, 0.1) is 17.8 Å². The molecule has 0 aliphatic heterocycles. The lowest BCUT2D eigenvalue weighted by molar-refractivity contribution is -0.0813. The normalized spacial score (nSPS) is 13.5. The quantitative estimate of drug-likeness (QED) is 0.706. The molecule has 0 spiro atoms. The molecule has 0 aliphatic rings. The van der Waals surface area contributed by atoms with Crippen LogP contribution < -0.4 is 0 Å². The molecule has 0 radical (unpaired) electrons. The highest BCUT2D eigenvalue weighted by molar-refractivity contribution is 5.00. The van der Waals surface area contributed by atoms with Crippen molar-refractivity contribution in [2.24, 2.45) is 0 Å². The van der Waals surface area contributed by atoms with Crippen LogP contribution in [0.1, 0.15) is 34.6 Å². The molecule has 15 heavy (non-hydrogen) atoms. The Kier molecular flexibility index (Phi) is 6.58. The van der Waals surface area contributed by atoms with E-state index in [9.17, 15) is 5.11 Å². The largest absolute Gasteiger partial charge is 0.390 e. The van der Waals surface area contributed by atoms with Crippen molar-refractivity contribution < 1.29 is 14.6 Å². The summed E-state index contributed by atoms with van der Waals surface area (Å²) in [6.45, 7) is 10.1. The molecule has 1 N–H and O–H groups in total. The van der Waals surface area contributed by atoms with Gasteiger partial charge in [-0.25, -0.2) is 0 Å².